The van der Waals surface area contributed by atoms with Crippen molar-refractivity contribution in [3.8, 4) is 5.69 Å². The van der Waals surface area contributed by atoms with Crippen LogP contribution in [0.3, 0.4) is 0 Å². The first kappa shape index (κ1) is 26.0. The highest BCUT2D eigenvalue weighted by molar-refractivity contribution is 9.10. The number of piperazine rings is 1. The van der Waals surface area contributed by atoms with E-state index in [0.717, 1.165) is 52.5 Å². The Bertz CT molecular complexity index is 1500. The van der Waals surface area contributed by atoms with E-state index in [2.05, 4.69) is 43.6 Å². The summed E-state index contributed by atoms with van der Waals surface area (Å²) in [5.41, 5.74) is 3.45. The van der Waals surface area contributed by atoms with Gasteiger partial charge in [-0.25, -0.2) is 13.8 Å². The van der Waals surface area contributed by atoms with Crippen LogP contribution in [0.5, 0.6) is 0 Å². The van der Waals surface area contributed by atoms with Crippen molar-refractivity contribution in [2.75, 3.05) is 44.2 Å². The Morgan fingerprint density at radius 2 is 1.77 bits per heavy atom. The van der Waals surface area contributed by atoms with Crippen molar-refractivity contribution in [3.05, 3.63) is 88.7 Å². The van der Waals surface area contributed by atoms with Crippen LogP contribution in [0.25, 0.3) is 16.7 Å². The van der Waals surface area contributed by atoms with Crippen LogP contribution in [-0.4, -0.2) is 64.5 Å². The summed E-state index contributed by atoms with van der Waals surface area (Å²) < 4.78 is 30.8. The highest BCUT2D eigenvalue weighted by Crippen LogP contribution is 2.27. The molecule has 2 aliphatic heterocycles. The van der Waals surface area contributed by atoms with Gasteiger partial charge in [-0.05, 0) is 61.9 Å². The lowest BCUT2D eigenvalue weighted by molar-refractivity contribution is -0.137. The molecule has 6 rings (SSSR count). The first-order chi connectivity index (χ1) is 19.0. The number of halogens is 3. The lowest BCUT2D eigenvalue weighted by atomic mass is 9.96. The molecular weight excluding hydrogens is 564 g/mol. The number of aromatic nitrogens is 2. The number of hydrogen-bond donors (Lipinski definition) is 0. The van der Waals surface area contributed by atoms with Crippen molar-refractivity contribution in [1.82, 2.24) is 19.4 Å². The molecule has 39 heavy (non-hydrogen) atoms. The second kappa shape index (κ2) is 11.1. The van der Waals surface area contributed by atoms with E-state index in [1.165, 1.54) is 12.1 Å². The molecule has 0 N–H and O–H groups in total. The summed E-state index contributed by atoms with van der Waals surface area (Å²) in [5.74, 6) is -0.0981. The summed E-state index contributed by atoms with van der Waals surface area (Å²) in [4.78, 5) is 24.6. The van der Waals surface area contributed by atoms with E-state index in [9.17, 15) is 13.6 Å². The van der Waals surface area contributed by atoms with Crippen molar-refractivity contribution in [2.45, 2.75) is 19.4 Å². The predicted molar refractivity (Wildman–Crippen MR) is 152 cm³/mol. The molecule has 1 amide bonds. The number of para-hydroxylation sites is 2. The van der Waals surface area contributed by atoms with Crippen molar-refractivity contribution in [1.29, 1.82) is 0 Å². The fraction of sp³-hybridized carbons (Fsp3) is 0.333. The van der Waals surface area contributed by atoms with Gasteiger partial charge in [-0.2, -0.15) is 0 Å². The van der Waals surface area contributed by atoms with E-state index in [1.54, 1.807) is 0 Å². The molecule has 3 heterocycles. The summed E-state index contributed by atoms with van der Waals surface area (Å²) in [6, 6.07) is 20.0. The number of imidazole rings is 1. The van der Waals surface area contributed by atoms with Gasteiger partial charge in [0.15, 0.2) is 0 Å². The molecule has 9 heteroatoms. The summed E-state index contributed by atoms with van der Waals surface area (Å²) >= 11 is 3.60. The second-order valence-corrected chi connectivity index (χ2v) is 11.2. The van der Waals surface area contributed by atoms with E-state index in [4.69, 9.17) is 4.98 Å². The van der Waals surface area contributed by atoms with Gasteiger partial charge in [0, 0.05) is 49.0 Å². The molecule has 4 aromatic rings. The number of hydrogen-bond acceptors (Lipinski definition) is 4. The van der Waals surface area contributed by atoms with E-state index in [-0.39, 0.29) is 11.8 Å². The van der Waals surface area contributed by atoms with Crippen LogP contribution in [0.2, 0.25) is 0 Å². The SMILES string of the molecule is O=C([C@@H]1CCCN(Cc2nc3ccccc3n2-c2cccc(Br)c2)C1)N1CCN(c2ccc(F)cc2F)CC1. The van der Waals surface area contributed by atoms with Crippen LogP contribution in [0.15, 0.2) is 71.2 Å². The quantitative estimate of drug-likeness (QED) is 0.301. The highest BCUT2D eigenvalue weighted by Gasteiger charge is 2.32. The number of nitrogens with zero attached hydrogens (tertiary/aromatic N) is 5. The summed E-state index contributed by atoms with van der Waals surface area (Å²) in [6.07, 6.45) is 1.82. The molecule has 0 unspecified atom stereocenters. The smallest absolute Gasteiger partial charge is 0.227 e. The van der Waals surface area contributed by atoms with Crippen LogP contribution >= 0.6 is 15.9 Å². The maximum Gasteiger partial charge on any atom is 0.227 e. The minimum atomic E-state index is -0.584. The Kier molecular flexibility index (Phi) is 7.36. The number of fused-ring (bicyclic) bond motifs is 1. The molecule has 0 spiro atoms. The van der Waals surface area contributed by atoms with Gasteiger partial charge < -0.3 is 9.80 Å². The van der Waals surface area contributed by atoms with Crippen LogP contribution < -0.4 is 4.90 Å². The third-order valence-electron chi connectivity index (χ3n) is 7.76. The molecule has 1 aromatic heterocycles. The first-order valence-corrected chi connectivity index (χ1v) is 14.2. The van der Waals surface area contributed by atoms with Gasteiger partial charge in [-0.1, -0.05) is 34.1 Å². The monoisotopic (exact) mass is 593 g/mol. The number of amides is 1. The largest absolute Gasteiger partial charge is 0.366 e. The molecule has 0 radical (unpaired) electrons. The lowest BCUT2D eigenvalue weighted by Gasteiger charge is -2.39. The van der Waals surface area contributed by atoms with Gasteiger partial charge in [0.25, 0.3) is 0 Å². The molecular formula is C30H30BrF2N5O. The molecule has 0 bridgehead atoms. The molecule has 1 atom stereocenters. The summed E-state index contributed by atoms with van der Waals surface area (Å²) in [7, 11) is 0. The van der Waals surface area contributed by atoms with Crippen molar-refractivity contribution in [2.24, 2.45) is 5.92 Å². The van der Waals surface area contributed by atoms with Gasteiger partial charge in [0.1, 0.15) is 17.5 Å². The number of anilines is 1. The minimum absolute atomic E-state index is 0.0726. The third-order valence-corrected chi connectivity index (χ3v) is 8.25. The van der Waals surface area contributed by atoms with E-state index in [1.807, 2.05) is 40.1 Å². The predicted octanol–water partition coefficient (Wildman–Crippen LogP) is 5.63. The van der Waals surface area contributed by atoms with E-state index < -0.39 is 11.6 Å². The Labute approximate surface area is 235 Å². The molecule has 0 saturated carbocycles. The Morgan fingerprint density at radius 3 is 2.56 bits per heavy atom. The Morgan fingerprint density at radius 1 is 0.949 bits per heavy atom. The van der Waals surface area contributed by atoms with Crippen molar-refractivity contribution < 1.29 is 13.6 Å². The van der Waals surface area contributed by atoms with Gasteiger partial charge in [-0.15, -0.1) is 0 Å². The minimum Gasteiger partial charge on any atom is -0.366 e. The average molecular weight is 595 g/mol. The third kappa shape index (κ3) is 5.43. The van der Waals surface area contributed by atoms with E-state index >= 15 is 0 Å². The zero-order valence-corrected chi connectivity index (χ0v) is 23.2. The molecule has 6 nitrogen and oxygen atoms in total. The van der Waals surface area contributed by atoms with Gasteiger partial charge in [-0.3, -0.25) is 14.3 Å². The zero-order valence-electron chi connectivity index (χ0n) is 21.6. The summed E-state index contributed by atoms with van der Waals surface area (Å²) in [5, 5.41) is 0. The number of rotatable bonds is 5. The summed E-state index contributed by atoms with van der Waals surface area (Å²) in [6.45, 7) is 4.39. The standard InChI is InChI=1S/C30H30BrF2N5O/c31-22-6-3-7-24(17-22)38-28-9-2-1-8-26(28)34-29(38)20-35-12-4-5-21(19-35)30(39)37-15-13-36(14-16-37)27-11-10-23(32)18-25(27)33/h1-3,6-11,17-18,21H,4-5,12-16,19-20H2/t21-/m1/s1. The second-order valence-electron chi connectivity index (χ2n) is 10.3. The Balaban J connectivity index is 1.14. The van der Waals surface area contributed by atoms with Crippen molar-refractivity contribution >= 4 is 38.6 Å². The van der Waals surface area contributed by atoms with Crippen LogP contribution in [0, 0.1) is 17.6 Å². The van der Waals surface area contributed by atoms with Crippen LogP contribution in [-0.2, 0) is 11.3 Å². The lowest BCUT2D eigenvalue weighted by Crippen LogP contribution is -2.52. The Hall–Kier alpha value is -3.30. The number of carbonyl (C=O) groups excluding carboxylic acids is 1. The maximum atomic E-state index is 14.3. The average Bonchev–Trinajstić information content (AvgIpc) is 3.31. The van der Waals surface area contributed by atoms with Gasteiger partial charge in [0.05, 0.1) is 29.2 Å². The first-order valence-electron chi connectivity index (χ1n) is 13.4. The fourth-order valence-corrected chi connectivity index (χ4v) is 6.24. The number of benzene rings is 3. The van der Waals surface area contributed by atoms with Gasteiger partial charge in [0.2, 0.25) is 5.91 Å². The molecule has 0 aliphatic carbocycles. The van der Waals surface area contributed by atoms with Gasteiger partial charge >= 0.3 is 0 Å². The van der Waals surface area contributed by atoms with E-state index in [0.29, 0.717) is 45.0 Å². The molecule has 3 aromatic carbocycles. The molecule has 2 saturated heterocycles. The molecule has 2 aliphatic rings. The van der Waals surface area contributed by atoms with Crippen LogP contribution in [0.4, 0.5) is 14.5 Å². The molecule has 202 valence electrons. The number of likely N-dealkylation sites (tertiary alicyclic amines) is 1. The fourth-order valence-electron chi connectivity index (χ4n) is 5.85. The normalized spacial score (nSPS) is 18.6. The maximum absolute atomic E-state index is 14.3. The van der Waals surface area contributed by atoms with Crippen LogP contribution in [0.1, 0.15) is 18.7 Å². The number of carbonyl (C=O) groups is 1. The highest BCUT2D eigenvalue weighted by atomic mass is 79.9. The topological polar surface area (TPSA) is 44.6 Å². The number of piperidine rings is 1. The van der Waals surface area contributed by atoms with Crippen molar-refractivity contribution in [3.63, 3.8) is 0 Å². The molecule has 2 fully saturated rings. The zero-order chi connectivity index (χ0) is 26.9.